The van der Waals surface area contributed by atoms with Crippen LogP contribution in [0.15, 0.2) is 97.6 Å². The Labute approximate surface area is 177 Å². The number of imidazole rings is 2. The molecule has 0 spiro atoms. The molecule has 5 nitrogen and oxygen atoms in total. The van der Waals surface area contributed by atoms with Crippen LogP contribution in [-0.4, -0.2) is 24.1 Å². The first-order valence-corrected chi connectivity index (χ1v) is 10.3. The van der Waals surface area contributed by atoms with Gasteiger partial charge in [-0.3, -0.25) is 9.13 Å². The molecular formula is C26H17N5. The van der Waals surface area contributed by atoms with Gasteiger partial charge in [-0.1, -0.05) is 36.4 Å². The summed E-state index contributed by atoms with van der Waals surface area (Å²) in [6, 6.07) is 29.4. The summed E-state index contributed by atoms with van der Waals surface area (Å²) >= 11 is 0. The fraction of sp³-hybridized carbons (Fsp3) is 0. The highest BCUT2D eigenvalue weighted by atomic mass is 15.1. The largest absolute Gasteiger partial charge is 0.354 e. The molecule has 31 heavy (non-hydrogen) atoms. The average Bonchev–Trinajstić information content (AvgIpc) is 3.52. The van der Waals surface area contributed by atoms with Gasteiger partial charge in [-0.05, 0) is 48.5 Å². The van der Waals surface area contributed by atoms with Gasteiger partial charge in [-0.15, -0.1) is 0 Å². The third-order valence-corrected chi connectivity index (χ3v) is 6.03. The molecule has 1 N–H and O–H groups in total. The van der Waals surface area contributed by atoms with Gasteiger partial charge in [-0.2, -0.15) is 0 Å². The van der Waals surface area contributed by atoms with Gasteiger partial charge in [0.15, 0.2) is 0 Å². The van der Waals surface area contributed by atoms with Crippen LogP contribution in [-0.2, 0) is 0 Å². The van der Waals surface area contributed by atoms with Gasteiger partial charge in [0.25, 0.3) is 0 Å². The van der Waals surface area contributed by atoms with E-state index in [0.29, 0.717) is 0 Å². The lowest BCUT2D eigenvalue weighted by atomic mass is 10.1. The molecule has 0 atom stereocenters. The van der Waals surface area contributed by atoms with E-state index in [-0.39, 0.29) is 0 Å². The van der Waals surface area contributed by atoms with Gasteiger partial charge in [0, 0.05) is 33.2 Å². The van der Waals surface area contributed by atoms with E-state index < -0.39 is 0 Å². The van der Waals surface area contributed by atoms with E-state index in [9.17, 15) is 0 Å². The van der Waals surface area contributed by atoms with Crippen molar-refractivity contribution >= 4 is 43.9 Å². The van der Waals surface area contributed by atoms with Gasteiger partial charge < -0.3 is 4.98 Å². The Bertz CT molecular complexity index is 1620. The quantitative estimate of drug-likeness (QED) is 0.388. The fourth-order valence-electron chi connectivity index (χ4n) is 4.52. The van der Waals surface area contributed by atoms with Crippen molar-refractivity contribution in [2.45, 2.75) is 0 Å². The minimum atomic E-state index is 0.997. The molecule has 0 bridgehead atoms. The minimum Gasteiger partial charge on any atom is -0.354 e. The van der Waals surface area contributed by atoms with E-state index in [1.165, 1.54) is 10.8 Å². The standard InChI is InChI=1S/C26H17N5/c1-3-7-25-21(5-1)27-15-30(25)17-9-11-19-20-12-10-18(14-24(20)29-23(19)13-17)31-16-28-22-6-2-4-8-26(22)31/h1-16,29H. The fourth-order valence-corrected chi connectivity index (χ4v) is 4.52. The van der Waals surface area contributed by atoms with E-state index in [2.05, 4.69) is 72.6 Å². The van der Waals surface area contributed by atoms with E-state index in [0.717, 1.165) is 44.5 Å². The molecule has 0 radical (unpaired) electrons. The maximum atomic E-state index is 4.53. The number of rotatable bonds is 2. The first kappa shape index (κ1) is 16.4. The number of hydrogen-bond donors (Lipinski definition) is 1. The predicted octanol–water partition coefficient (Wildman–Crippen LogP) is 6.00. The highest BCUT2D eigenvalue weighted by molar-refractivity contribution is 6.08. The minimum absolute atomic E-state index is 0.997. The smallest absolute Gasteiger partial charge is 0.100 e. The molecule has 0 saturated carbocycles. The lowest BCUT2D eigenvalue weighted by molar-refractivity contribution is 1.09. The summed E-state index contributed by atoms with van der Waals surface area (Å²) in [4.78, 5) is 12.7. The normalized spacial score (nSPS) is 11.9. The number of nitrogens with zero attached hydrogens (tertiary/aromatic N) is 4. The van der Waals surface area contributed by atoms with Gasteiger partial charge in [0.05, 0.1) is 22.1 Å². The maximum Gasteiger partial charge on any atom is 0.100 e. The van der Waals surface area contributed by atoms with Crippen LogP contribution >= 0.6 is 0 Å². The summed E-state index contributed by atoms with van der Waals surface area (Å²) in [7, 11) is 0. The summed E-state index contributed by atoms with van der Waals surface area (Å²) in [5.41, 5.74) is 8.60. The summed E-state index contributed by atoms with van der Waals surface area (Å²) in [5, 5.41) is 2.43. The average molecular weight is 399 g/mol. The molecule has 5 heteroatoms. The number of benzene rings is 4. The highest BCUT2D eigenvalue weighted by Crippen LogP contribution is 2.30. The Balaban J connectivity index is 1.40. The molecule has 7 rings (SSSR count). The number of H-pyrrole nitrogens is 1. The molecular weight excluding hydrogens is 382 g/mol. The van der Waals surface area contributed by atoms with E-state index in [1.807, 2.05) is 49.1 Å². The van der Waals surface area contributed by atoms with Crippen molar-refractivity contribution in [3.63, 3.8) is 0 Å². The summed E-state index contributed by atoms with van der Waals surface area (Å²) in [6.07, 6.45) is 3.77. The third kappa shape index (κ3) is 2.37. The van der Waals surface area contributed by atoms with Crippen LogP contribution in [0, 0.1) is 0 Å². The first-order valence-electron chi connectivity index (χ1n) is 10.3. The molecule has 7 aromatic rings. The monoisotopic (exact) mass is 399 g/mol. The molecule has 0 fully saturated rings. The molecule has 0 saturated heterocycles. The number of nitrogens with one attached hydrogen (secondary N) is 1. The number of para-hydroxylation sites is 4. The van der Waals surface area contributed by atoms with Gasteiger partial charge in [0.2, 0.25) is 0 Å². The predicted molar refractivity (Wildman–Crippen MR) is 125 cm³/mol. The van der Waals surface area contributed by atoms with Crippen molar-refractivity contribution in [2.75, 3.05) is 0 Å². The third-order valence-electron chi connectivity index (χ3n) is 6.03. The van der Waals surface area contributed by atoms with Crippen molar-refractivity contribution in [1.82, 2.24) is 24.1 Å². The number of hydrogen-bond acceptors (Lipinski definition) is 2. The lowest BCUT2D eigenvalue weighted by Crippen LogP contribution is -1.91. The molecule has 3 aromatic heterocycles. The van der Waals surface area contributed by atoms with Crippen molar-refractivity contribution in [2.24, 2.45) is 0 Å². The van der Waals surface area contributed by atoms with Gasteiger partial charge in [0.1, 0.15) is 12.7 Å². The highest BCUT2D eigenvalue weighted by Gasteiger charge is 2.10. The second-order valence-electron chi connectivity index (χ2n) is 7.79. The van der Waals surface area contributed by atoms with Crippen LogP contribution < -0.4 is 0 Å². The lowest BCUT2D eigenvalue weighted by Gasteiger charge is -2.05. The maximum absolute atomic E-state index is 4.53. The number of aromatic amines is 1. The Hall–Kier alpha value is -4.38. The Morgan fingerprint density at radius 3 is 1.55 bits per heavy atom. The van der Waals surface area contributed by atoms with E-state index in [4.69, 9.17) is 0 Å². The molecule has 0 aliphatic heterocycles. The Morgan fingerprint density at radius 2 is 1.03 bits per heavy atom. The van der Waals surface area contributed by atoms with Crippen LogP contribution in [0.5, 0.6) is 0 Å². The van der Waals surface area contributed by atoms with Gasteiger partial charge >= 0.3 is 0 Å². The zero-order valence-electron chi connectivity index (χ0n) is 16.5. The molecule has 0 aliphatic rings. The zero-order chi connectivity index (χ0) is 20.4. The Kier molecular flexibility index (Phi) is 3.21. The first-order chi connectivity index (χ1) is 15.3. The second kappa shape index (κ2) is 6.06. The molecule has 0 aliphatic carbocycles. The van der Waals surface area contributed by atoms with Crippen LogP contribution in [0.2, 0.25) is 0 Å². The molecule has 0 amide bonds. The summed E-state index contributed by atoms with van der Waals surface area (Å²) in [5.74, 6) is 0. The van der Waals surface area contributed by atoms with E-state index in [1.54, 1.807) is 0 Å². The summed E-state index contributed by atoms with van der Waals surface area (Å²) < 4.78 is 4.26. The van der Waals surface area contributed by atoms with Crippen molar-refractivity contribution in [3.05, 3.63) is 97.6 Å². The van der Waals surface area contributed by atoms with Crippen LogP contribution in [0.3, 0.4) is 0 Å². The molecule has 3 heterocycles. The number of aromatic nitrogens is 5. The second-order valence-corrected chi connectivity index (χ2v) is 7.79. The molecule has 4 aromatic carbocycles. The van der Waals surface area contributed by atoms with Gasteiger partial charge in [-0.25, -0.2) is 9.97 Å². The van der Waals surface area contributed by atoms with E-state index >= 15 is 0 Å². The molecule has 0 unspecified atom stereocenters. The van der Waals surface area contributed by atoms with Crippen LogP contribution in [0.4, 0.5) is 0 Å². The van der Waals surface area contributed by atoms with Crippen molar-refractivity contribution in [1.29, 1.82) is 0 Å². The summed E-state index contributed by atoms with van der Waals surface area (Å²) in [6.45, 7) is 0. The molecule has 146 valence electrons. The Morgan fingerprint density at radius 1 is 0.548 bits per heavy atom. The zero-order valence-corrected chi connectivity index (χ0v) is 16.5. The van der Waals surface area contributed by atoms with Crippen LogP contribution in [0.1, 0.15) is 0 Å². The van der Waals surface area contributed by atoms with Crippen molar-refractivity contribution < 1.29 is 0 Å². The SMILES string of the molecule is c1ccc2c(c1)ncn2-c1ccc2c(c1)[nH]c1cc(-n3cnc4ccccc43)ccc12. The van der Waals surface area contributed by atoms with Crippen molar-refractivity contribution in [3.8, 4) is 11.4 Å². The van der Waals surface area contributed by atoms with Crippen LogP contribution in [0.25, 0.3) is 55.2 Å². The number of fused-ring (bicyclic) bond motifs is 5. The topological polar surface area (TPSA) is 51.4 Å².